The third-order valence-corrected chi connectivity index (χ3v) is 4.49. The average molecular weight is 463 g/mol. The molecule has 0 aliphatic rings. The Bertz CT molecular complexity index is 1000. The Labute approximate surface area is 188 Å². The Morgan fingerprint density at radius 1 is 1.12 bits per heavy atom. The number of nitrogens with one attached hydrogen (secondary N) is 1. The predicted molar refractivity (Wildman–Crippen MR) is 115 cm³/mol. The number of benzene rings is 1. The minimum atomic E-state index is -1.28. The molecule has 13 heteroatoms. The molecule has 0 saturated heterocycles. The lowest BCUT2D eigenvalue weighted by Gasteiger charge is -2.17. The molecule has 0 aliphatic heterocycles. The Morgan fingerprint density at radius 3 is 2.27 bits per heavy atom. The van der Waals surface area contributed by atoms with E-state index in [2.05, 4.69) is 15.3 Å². The average Bonchev–Trinajstić information content (AvgIpc) is 2.75. The molecule has 2 aromatic rings. The van der Waals surface area contributed by atoms with Crippen molar-refractivity contribution in [3.05, 3.63) is 29.5 Å². The predicted octanol–water partition coefficient (Wildman–Crippen LogP) is 0.0620. The van der Waals surface area contributed by atoms with Crippen molar-refractivity contribution in [3.8, 4) is 17.2 Å². The molecule has 13 nitrogen and oxygen atoms in total. The maximum absolute atomic E-state index is 12.3. The smallest absolute Gasteiger partial charge is 0.325 e. The number of aliphatic carboxylic acids is 2. The van der Waals surface area contributed by atoms with Crippen LogP contribution in [0.5, 0.6) is 17.2 Å². The van der Waals surface area contributed by atoms with Gasteiger partial charge in [0, 0.05) is 24.6 Å². The summed E-state index contributed by atoms with van der Waals surface area (Å²) in [5.74, 6) is -2.61. The monoisotopic (exact) mass is 463 g/mol. The number of aromatic nitrogens is 2. The van der Waals surface area contributed by atoms with Gasteiger partial charge in [-0.3, -0.25) is 19.7 Å². The molecule has 1 unspecified atom stereocenters. The third kappa shape index (κ3) is 7.21. The Balaban J connectivity index is 2.16. The van der Waals surface area contributed by atoms with Gasteiger partial charge >= 0.3 is 17.9 Å². The maximum Gasteiger partial charge on any atom is 0.325 e. The Morgan fingerprint density at radius 2 is 1.76 bits per heavy atom. The van der Waals surface area contributed by atoms with Gasteiger partial charge in [-0.1, -0.05) is 0 Å². The van der Waals surface area contributed by atoms with Gasteiger partial charge in [-0.05, 0) is 24.1 Å². The number of nitrogen functional groups attached to an aromatic ring is 2. The van der Waals surface area contributed by atoms with Crippen molar-refractivity contribution >= 4 is 29.7 Å². The molecular formula is C20H25N5O8. The first-order chi connectivity index (χ1) is 15.6. The number of carboxylic acid groups (broad SMARTS) is 2. The molecule has 1 aromatic carbocycles. The molecule has 1 heterocycles. The maximum atomic E-state index is 12.3. The summed E-state index contributed by atoms with van der Waals surface area (Å²) in [5.41, 5.74) is 12.7. The van der Waals surface area contributed by atoms with E-state index in [9.17, 15) is 14.4 Å². The lowest BCUT2D eigenvalue weighted by atomic mass is 10.1. The van der Waals surface area contributed by atoms with Gasteiger partial charge < -0.3 is 35.9 Å². The van der Waals surface area contributed by atoms with Gasteiger partial charge in [0.25, 0.3) is 0 Å². The highest BCUT2D eigenvalue weighted by Gasteiger charge is 2.22. The van der Waals surface area contributed by atoms with E-state index in [0.717, 1.165) is 0 Å². The molecule has 0 bridgehead atoms. The highest BCUT2D eigenvalue weighted by Crippen LogP contribution is 2.39. The van der Waals surface area contributed by atoms with Crippen LogP contribution >= 0.6 is 0 Å². The number of nitrogens with zero attached hydrogens (tertiary/aromatic N) is 2. The lowest BCUT2D eigenvalue weighted by molar-refractivity contribution is -0.141. The van der Waals surface area contributed by atoms with Crippen LogP contribution in [0.3, 0.4) is 0 Å². The van der Waals surface area contributed by atoms with E-state index in [1.807, 2.05) is 0 Å². The standard InChI is InChI=1S/C20H25N5O8/c1-31-13-6-10(5-11-8-24-20(22)25-18(11)21)7-14(32-2)17(13)33-16(28)9-23-12(19(29)30)3-4-15(26)27/h6-8,12,23H,3-5,9H2,1-2H3,(H,26,27)(H,29,30)(H4,21,22,24,25). The first-order valence-electron chi connectivity index (χ1n) is 9.65. The summed E-state index contributed by atoms with van der Waals surface area (Å²) in [6, 6.07) is 2.00. The summed E-state index contributed by atoms with van der Waals surface area (Å²) < 4.78 is 16.0. The summed E-state index contributed by atoms with van der Waals surface area (Å²) in [6.45, 7) is -0.482. The summed E-state index contributed by atoms with van der Waals surface area (Å²) >= 11 is 0. The number of hydrogen-bond donors (Lipinski definition) is 5. The van der Waals surface area contributed by atoms with E-state index >= 15 is 0 Å². The van der Waals surface area contributed by atoms with Crippen LogP contribution in [-0.4, -0.2) is 64.9 Å². The molecule has 0 aliphatic carbocycles. The molecule has 1 aromatic heterocycles. The second kappa shape index (κ2) is 11.5. The summed E-state index contributed by atoms with van der Waals surface area (Å²) in [7, 11) is 2.75. The fourth-order valence-electron chi connectivity index (χ4n) is 2.86. The molecule has 0 radical (unpaired) electrons. The number of ether oxygens (including phenoxy) is 3. The topological polar surface area (TPSA) is 209 Å². The molecule has 2 rings (SSSR count). The van der Waals surface area contributed by atoms with E-state index in [1.165, 1.54) is 20.4 Å². The molecule has 0 saturated carbocycles. The number of anilines is 2. The van der Waals surface area contributed by atoms with Crippen LogP contribution in [0.15, 0.2) is 18.3 Å². The number of methoxy groups -OCH3 is 2. The number of carbonyl (C=O) groups is 3. The lowest BCUT2D eigenvalue weighted by Crippen LogP contribution is -2.41. The number of nitrogens with two attached hydrogens (primary N) is 2. The first kappa shape index (κ1) is 25.1. The van der Waals surface area contributed by atoms with E-state index in [0.29, 0.717) is 17.5 Å². The second-order valence-electron chi connectivity index (χ2n) is 6.82. The van der Waals surface area contributed by atoms with Gasteiger partial charge in [-0.2, -0.15) is 4.98 Å². The van der Waals surface area contributed by atoms with Crippen molar-refractivity contribution in [1.82, 2.24) is 15.3 Å². The molecular weight excluding hydrogens is 438 g/mol. The van der Waals surface area contributed by atoms with Gasteiger partial charge in [0.15, 0.2) is 11.5 Å². The van der Waals surface area contributed by atoms with Crippen LogP contribution in [0, 0.1) is 0 Å². The second-order valence-corrected chi connectivity index (χ2v) is 6.82. The summed E-state index contributed by atoms with van der Waals surface area (Å²) in [6.07, 6.45) is 1.25. The molecule has 1 atom stereocenters. The largest absolute Gasteiger partial charge is 0.493 e. The normalized spacial score (nSPS) is 11.5. The van der Waals surface area contributed by atoms with Crippen molar-refractivity contribution in [1.29, 1.82) is 0 Å². The highest BCUT2D eigenvalue weighted by atomic mass is 16.6. The van der Waals surface area contributed by atoms with Crippen LogP contribution in [0.1, 0.15) is 24.0 Å². The van der Waals surface area contributed by atoms with Gasteiger partial charge in [0.1, 0.15) is 11.9 Å². The SMILES string of the molecule is COc1cc(Cc2cnc(N)nc2N)cc(OC)c1OC(=O)CNC(CCC(=O)O)C(=O)O. The Kier molecular flexibility index (Phi) is 8.74. The number of esters is 1. The minimum absolute atomic E-state index is 0.00510. The first-order valence-corrected chi connectivity index (χ1v) is 9.65. The van der Waals surface area contributed by atoms with Gasteiger partial charge in [-0.25, -0.2) is 4.98 Å². The zero-order chi connectivity index (χ0) is 24.5. The van der Waals surface area contributed by atoms with Crippen LogP contribution in [0.25, 0.3) is 0 Å². The molecule has 33 heavy (non-hydrogen) atoms. The van der Waals surface area contributed by atoms with E-state index < -0.39 is 30.5 Å². The molecule has 7 N–H and O–H groups in total. The number of hydrogen-bond acceptors (Lipinski definition) is 11. The van der Waals surface area contributed by atoms with Crippen molar-refractivity contribution in [2.45, 2.75) is 25.3 Å². The fraction of sp³-hybridized carbons (Fsp3) is 0.350. The van der Waals surface area contributed by atoms with Gasteiger partial charge in [-0.15, -0.1) is 0 Å². The summed E-state index contributed by atoms with van der Waals surface area (Å²) in [5, 5.41) is 20.3. The quantitative estimate of drug-likeness (QED) is 0.208. The van der Waals surface area contributed by atoms with E-state index in [4.69, 9.17) is 35.9 Å². The van der Waals surface area contributed by atoms with Crippen molar-refractivity contribution in [3.63, 3.8) is 0 Å². The fourth-order valence-corrected chi connectivity index (χ4v) is 2.86. The minimum Gasteiger partial charge on any atom is -0.493 e. The molecule has 0 fully saturated rings. The van der Waals surface area contributed by atoms with Crippen molar-refractivity contribution < 1.29 is 38.8 Å². The number of rotatable bonds is 12. The zero-order valence-electron chi connectivity index (χ0n) is 18.0. The zero-order valence-corrected chi connectivity index (χ0v) is 18.0. The van der Waals surface area contributed by atoms with E-state index in [-0.39, 0.29) is 41.9 Å². The van der Waals surface area contributed by atoms with Crippen LogP contribution in [0.4, 0.5) is 11.8 Å². The third-order valence-electron chi connectivity index (χ3n) is 4.49. The van der Waals surface area contributed by atoms with E-state index in [1.54, 1.807) is 12.1 Å². The number of carboxylic acids is 2. The Hall–Kier alpha value is -4.13. The molecule has 178 valence electrons. The van der Waals surface area contributed by atoms with Gasteiger partial charge in [0.2, 0.25) is 11.7 Å². The van der Waals surface area contributed by atoms with Crippen LogP contribution in [-0.2, 0) is 20.8 Å². The van der Waals surface area contributed by atoms with Crippen molar-refractivity contribution in [2.75, 3.05) is 32.2 Å². The number of carbonyl (C=O) groups excluding carboxylic acids is 1. The highest BCUT2D eigenvalue weighted by molar-refractivity contribution is 5.79. The molecule has 0 spiro atoms. The summed E-state index contributed by atoms with van der Waals surface area (Å²) in [4.78, 5) is 42.1. The van der Waals surface area contributed by atoms with Crippen LogP contribution in [0.2, 0.25) is 0 Å². The van der Waals surface area contributed by atoms with Crippen LogP contribution < -0.4 is 31.0 Å². The van der Waals surface area contributed by atoms with Gasteiger partial charge in [0.05, 0.1) is 20.8 Å². The molecule has 0 amide bonds. The van der Waals surface area contributed by atoms with Crippen molar-refractivity contribution in [2.24, 2.45) is 0 Å².